The molecular formula is C27H28N2O7S. The molecule has 194 valence electrons. The summed E-state index contributed by atoms with van der Waals surface area (Å²) in [4.78, 5) is 31.9. The number of esters is 1. The molecule has 0 spiro atoms. The molecule has 0 N–H and O–H groups in total. The molecule has 0 bridgehead atoms. The van der Waals surface area contributed by atoms with Gasteiger partial charge in [0.15, 0.2) is 16.3 Å². The fraction of sp³-hybridized carbons (Fsp3) is 0.296. The average Bonchev–Trinajstić information content (AvgIpc) is 3.21. The van der Waals surface area contributed by atoms with Crippen LogP contribution in [0.3, 0.4) is 0 Å². The number of hydrogen-bond acceptors (Lipinski definition) is 9. The quantitative estimate of drug-likeness (QED) is 0.418. The average molecular weight is 525 g/mol. The van der Waals surface area contributed by atoms with E-state index < -0.39 is 12.0 Å². The van der Waals surface area contributed by atoms with Gasteiger partial charge in [0.1, 0.15) is 5.75 Å². The first-order valence-corrected chi connectivity index (χ1v) is 12.3. The smallest absolute Gasteiger partial charge is 0.338 e. The monoisotopic (exact) mass is 524 g/mol. The molecule has 1 aliphatic heterocycles. The predicted molar refractivity (Wildman–Crippen MR) is 139 cm³/mol. The number of aromatic nitrogens is 1. The molecule has 0 unspecified atom stereocenters. The second kappa shape index (κ2) is 10.9. The first kappa shape index (κ1) is 26.0. The van der Waals surface area contributed by atoms with E-state index in [1.165, 1.54) is 37.2 Å². The predicted octanol–water partition coefficient (Wildman–Crippen LogP) is 2.83. The highest BCUT2D eigenvalue weighted by molar-refractivity contribution is 7.07. The second-order valence-electron chi connectivity index (χ2n) is 8.03. The summed E-state index contributed by atoms with van der Waals surface area (Å²) >= 11 is 1.23. The zero-order chi connectivity index (χ0) is 26.7. The van der Waals surface area contributed by atoms with E-state index in [1.54, 1.807) is 51.3 Å². The Labute approximate surface area is 217 Å². The molecule has 0 saturated heterocycles. The molecule has 4 rings (SSSR count). The first-order valence-electron chi connectivity index (χ1n) is 11.5. The molecule has 1 aromatic heterocycles. The highest BCUT2D eigenvalue weighted by Crippen LogP contribution is 2.38. The Balaban J connectivity index is 1.94. The maximum Gasteiger partial charge on any atom is 0.338 e. The third kappa shape index (κ3) is 4.84. The van der Waals surface area contributed by atoms with Crippen LogP contribution in [0.5, 0.6) is 23.0 Å². The standard InChI is InChI=1S/C27H28N2O7S/c1-7-36-26(31)22-15(2)28-27-29(23(22)17-8-10-18(32-3)11-9-17)25(30)21(37-27)14-16-12-19(33-4)24(35-6)20(13-16)34-5/h8-14,23H,7H2,1-6H3/b21-14+/t23-/m1/s1. The van der Waals surface area contributed by atoms with Crippen molar-refractivity contribution in [1.29, 1.82) is 0 Å². The van der Waals surface area contributed by atoms with E-state index in [2.05, 4.69) is 4.99 Å². The van der Waals surface area contributed by atoms with E-state index >= 15 is 0 Å². The molecule has 10 heteroatoms. The van der Waals surface area contributed by atoms with Gasteiger partial charge in [0.2, 0.25) is 5.75 Å². The van der Waals surface area contributed by atoms with E-state index in [-0.39, 0.29) is 12.2 Å². The molecule has 1 atom stereocenters. The van der Waals surface area contributed by atoms with Crippen LogP contribution in [-0.2, 0) is 9.53 Å². The summed E-state index contributed by atoms with van der Waals surface area (Å²) in [6, 6.07) is 10.1. The van der Waals surface area contributed by atoms with E-state index in [1.807, 2.05) is 12.1 Å². The SMILES string of the molecule is CCOC(=O)C1=C(C)N=c2s/c(=C/c3cc(OC)c(OC)c(OC)c3)c(=O)n2[C@@H]1c1ccc(OC)cc1. The van der Waals surface area contributed by atoms with Crippen LogP contribution in [0.2, 0.25) is 0 Å². The van der Waals surface area contributed by atoms with Crippen LogP contribution >= 0.6 is 11.3 Å². The molecule has 0 fully saturated rings. The highest BCUT2D eigenvalue weighted by Gasteiger charge is 2.33. The van der Waals surface area contributed by atoms with E-state index in [4.69, 9.17) is 23.7 Å². The largest absolute Gasteiger partial charge is 0.497 e. The van der Waals surface area contributed by atoms with Gasteiger partial charge in [-0.3, -0.25) is 9.36 Å². The molecule has 0 amide bonds. The lowest BCUT2D eigenvalue weighted by atomic mass is 9.96. The molecule has 0 saturated carbocycles. The fourth-order valence-corrected chi connectivity index (χ4v) is 5.28. The number of methoxy groups -OCH3 is 4. The van der Waals surface area contributed by atoms with Crippen LogP contribution < -0.4 is 33.8 Å². The summed E-state index contributed by atoms with van der Waals surface area (Å²) < 4.78 is 28.9. The van der Waals surface area contributed by atoms with Crippen molar-refractivity contribution in [2.75, 3.05) is 35.0 Å². The number of thiazole rings is 1. The number of allylic oxidation sites excluding steroid dienone is 1. The first-order chi connectivity index (χ1) is 17.9. The maximum atomic E-state index is 13.8. The van der Waals surface area contributed by atoms with Crippen molar-refractivity contribution in [2.24, 2.45) is 4.99 Å². The van der Waals surface area contributed by atoms with Crippen LogP contribution in [0, 0.1) is 0 Å². The molecule has 2 heterocycles. The Morgan fingerprint density at radius 2 is 1.68 bits per heavy atom. The Kier molecular flexibility index (Phi) is 7.68. The van der Waals surface area contributed by atoms with Gasteiger partial charge in [-0.2, -0.15) is 0 Å². The number of rotatable bonds is 8. The maximum absolute atomic E-state index is 13.8. The van der Waals surface area contributed by atoms with Gasteiger partial charge >= 0.3 is 5.97 Å². The van der Waals surface area contributed by atoms with E-state index in [0.29, 0.717) is 49.2 Å². The summed E-state index contributed by atoms with van der Waals surface area (Å²) in [7, 11) is 6.17. The minimum atomic E-state index is -0.705. The molecular weight excluding hydrogens is 496 g/mol. The Morgan fingerprint density at radius 3 is 2.22 bits per heavy atom. The Hall–Kier alpha value is -4.05. The molecule has 0 aliphatic carbocycles. The van der Waals surface area contributed by atoms with Gasteiger partial charge in [-0.1, -0.05) is 23.5 Å². The minimum absolute atomic E-state index is 0.205. The minimum Gasteiger partial charge on any atom is -0.497 e. The third-order valence-corrected chi connectivity index (χ3v) is 6.92. The summed E-state index contributed by atoms with van der Waals surface area (Å²) in [5.74, 6) is 1.55. The Bertz CT molecular complexity index is 1510. The van der Waals surface area contributed by atoms with Gasteiger partial charge in [0.25, 0.3) is 5.56 Å². The lowest BCUT2D eigenvalue weighted by Crippen LogP contribution is -2.39. The zero-order valence-electron chi connectivity index (χ0n) is 21.5. The summed E-state index contributed by atoms with van der Waals surface area (Å²) in [5.41, 5.74) is 1.95. The summed E-state index contributed by atoms with van der Waals surface area (Å²) in [6.07, 6.45) is 1.74. The number of fused-ring (bicyclic) bond motifs is 1. The van der Waals surface area contributed by atoms with Crippen molar-refractivity contribution in [3.8, 4) is 23.0 Å². The fourth-order valence-electron chi connectivity index (χ4n) is 4.23. The van der Waals surface area contributed by atoms with Crippen LogP contribution in [0.25, 0.3) is 6.08 Å². The van der Waals surface area contributed by atoms with Crippen molar-refractivity contribution < 1.29 is 28.5 Å². The van der Waals surface area contributed by atoms with Gasteiger partial charge in [-0.15, -0.1) is 0 Å². The number of nitrogens with zero attached hydrogens (tertiary/aromatic N) is 2. The normalized spacial score (nSPS) is 15.1. The molecule has 1 aliphatic rings. The van der Waals surface area contributed by atoms with Crippen LogP contribution in [0.15, 0.2) is 57.5 Å². The van der Waals surface area contributed by atoms with Crippen LogP contribution in [0.4, 0.5) is 0 Å². The third-order valence-electron chi connectivity index (χ3n) is 5.93. The topological polar surface area (TPSA) is 97.6 Å². The van der Waals surface area contributed by atoms with Crippen molar-refractivity contribution >= 4 is 23.4 Å². The number of benzene rings is 2. The van der Waals surface area contributed by atoms with Crippen LogP contribution in [0.1, 0.15) is 31.0 Å². The highest BCUT2D eigenvalue weighted by atomic mass is 32.1. The molecule has 3 aromatic rings. The number of carbonyl (C=O) groups is 1. The van der Waals surface area contributed by atoms with Gasteiger partial charge in [-0.25, -0.2) is 9.79 Å². The van der Waals surface area contributed by atoms with Gasteiger partial charge in [0.05, 0.1) is 56.9 Å². The van der Waals surface area contributed by atoms with Gasteiger partial charge in [-0.05, 0) is 55.3 Å². The summed E-state index contributed by atoms with van der Waals surface area (Å²) in [6.45, 7) is 3.69. The zero-order valence-corrected chi connectivity index (χ0v) is 22.3. The van der Waals surface area contributed by atoms with Crippen molar-refractivity contribution in [3.63, 3.8) is 0 Å². The molecule has 0 radical (unpaired) electrons. The van der Waals surface area contributed by atoms with Gasteiger partial charge in [0, 0.05) is 0 Å². The second-order valence-corrected chi connectivity index (χ2v) is 9.04. The number of hydrogen-bond donors (Lipinski definition) is 0. The molecule has 37 heavy (non-hydrogen) atoms. The molecule has 2 aromatic carbocycles. The van der Waals surface area contributed by atoms with Crippen LogP contribution in [-0.4, -0.2) is 45.6 Å². The van der Waals surface area contributed by atoms with Crippen molar-refractivity contribution in [3.05, 3.63) is 78.5 Å². The summed E-state index contributed by atoms with van der Waals surface area (Å²) in [5, 5.41) is 0. The van der Waals surface area contributed by atoms with Crippen molar-refractivity contribution in [1.82, 2.24) is 4.57 Å². The number of carbonyl (C=O) groups excluding carboxylic acids is 1. The van der Waals surface area contributed by atoms with E-state index in [0.717, 1.165) is 5.56 Å². The van der Waals surface area contributed by atoms with Gasteiger partial charge < -0.3 is 23.7 Å². The molecule has 9 nitrogen and oxygen atoms in total. The number of ether oxygens (including phenoxy) is 5. The lowest BCUT2D eigenvalue weighted by molar-refractivity contribution is -0.139. The Morgan fingerprint density at radius 1 is 1.03 bits per heavy atom. The lowest BCUT2D eigenvalue weighted by Gasteiger charge is -2.24. The van der Waals surface area contributed by atoms with E-state index in [9.17, 15) is 9.59 Å². The van der Waals surface area contributed by atoms with Crippen molar-refractivity contribution in [2.45, 2.75) is 19.9 Å².